The van der Waals surface area contributed by atoms with Gasteiger partial charge >= 0.3 is 0 Å². The monoisotopic (exact) mass is 570 g/mol. The summed E-state index contributed by atoms with van der Waals surface area (Å²) in [7, 11) is 9.04. The van der Waals surface area contributed by atoms with Gasteiger partial charge in [0.1, 0.15) is 22.8 Å². The van der Waals surface area contributed by atoms with Crippen molar-refractivity contribution in [3.05, 3.63) is 51.5 Å². The Balaban J connectivity index is 1.96. The number of hydrogen-bond acceptors (Lipinski definition) is 11. The molecule has 6 N–H and O–H groups in total. The van der Waals surface area contributed by atoms with Gasteiger partial charge in [0.15, 0.2) is 17.2 Å². The fraction of sp³-hybridized carbons (Fsp3) is 0.567. The van der Waals surface area contributed by atoms with Crippen LogP contribution in [0.2, 0.25) is 0 Å². The average Bonchev–Trinajstić information content (AvgIpc) is 2.87. The third kappa shape index (κ3) is 4.89. The summed E-state index contributed by atoms with van der Waals surface area (Å²) in [5, 5.41) is 52.4. The van der Waals surface area contributed by atoms with Gasteiger partial charge in [0.2, 0.25) is 5.78 Å². The highest BCUT2D eigenvalue weighted by Gasteiger charge is 2.66. The molecule has 0 unspecified atom stereocenters. The fourth-order valence-electron chi connectivity index (χ4n) is 7.03. The van der Waals surface area contributed by atoms with Crippen molar-refractivity contribution < 1.29 is 34.8 Å². The van der Waals surface area contributed by atoms with E-state index in [1.807, 2.05) is 14.1 Å². The summed E-state index contributed by atoms with van der Waals surface area (Å²) in [4.78, 5) is 44.1. The van der Waals surface area contributed by atoms with E-state index in [0.717, 1.165) is 25.5 Å². The van der Waals surface area contributed by atoms with Gasteiger partial charge in [-0.2, -0.15) is 0 Å². The fourth-order valence-corrected chi connectivity index (χ4v) is 7.03. The van der Waals surface area contributed by atoms with Crippen LogP contribution in [-0.4, -0.2) is 114 Å². The molecule has 3 aliphatic rings. The highest BCUT2D eigenvalue weighted by Crippen LogP contribution is 2.57. The molecule has 4 atom stereocenters. The van der Waals surface area contributed by atoms with Gasteiger partial charge in [-0.15, -0.1) is 0 Å². The normalized spacial score (nSPS) is 27.8. The number of aromatic hydroxyl groups is 1. The van der Waals surface area contributed by atoms with E-state index in [1.54, 1.807) is 32.1 Å². The molecule has 0 saturated heterocycles. The number of nitrogens with one attached hydrogen (secondary N) is 2. The quantitative estimate of drug-likeness (QED) is 0.175. The van der Waals surface area contributed by atoms with Crippen LogP contribution in [-0.2, 0) is 22.6 Å². The largest absolute Gasteiger partial charge is 0.510 e. The third-order valence-corrected chi connectivity index (χ3v) is 8.82. The minimum atomic E-state index is -2.61. The van der Waals surface area contributed by atoms with Crippen LogP contribution < -0.4 is 10.6 Å². The molecule has 3 aliphatic carbocycles. The number of fused-ring (bicyclic) bond motifs is 3. The summed E-state index contributed by atoms with van der Waals surface area (Å²) < 4.78 is 0. The Morgan fingerprint density at radius 1 is 1.12 bits per heavy atom. The van der Waals surface area contributed by atoms with E-state index in [1.165, 1.54) is 6.07 Å². The smallest absolute Gasteiger partial charge is 0.209 e. The molecule has 0 bridgehead atoms. The van der Waals surface area contributed by atoms with E-state index in [4.69, 9.17) is 0 Å². The number of phenolic OH excluding ortho intramolecular Hbond substituents is 1. The van der Waals surface area contributed by atoms with Crippen molar-refractivity contribution in [3.8, 4) is 5.75 Å². The Labute approximate surface area is 240 Å². The van der Waals surface area contributed by atoms with E-state index in [9.17, 15) is 34.8 Å². The second kappa shape index (κ2) is 11.3. The topological polar surface area (TPSA) is 163 Å². The van der Waals surface area contributed by atoms with Gasteiger partial charge in [-0.05, 0) is 91.7 Å². The van der Waals surface area contributed by atoms with Crippen LogP contribution in [0.15, 0.2) is 34.8 Å². The van der Waals surface area contributed by atoms with Gasteiger partial charge in [0.25, 0.3) is 0 Å². The molecule has 224 valence electrons. The van der Waals surface area contributed by atoms with Gasteiger partial charge in [-0.3, -0.25) is 19.3 Å². The lowest BCUT2D eigenvalue weighted by Crippen LogP contribution is -2.66. The first-order chi connectivity index (χ1) is 19.2. The molecule has 0 aliphatic heterocycles. The van der Waals surface area contributed by atoms with Gasteiger partial charge in [0, 0.05) is 30.0 Å². The molecule has 0 amide bonds. The number of rotatable bonds is 10. The summed E-state index contributed by atoms with van der Waals surface area (Å²) in [6.07, 6.45) is 1.11. The standard InChI is InChI=1S/C30H42N4O7/c1-16(35)21-26(38)24(34(5)6)19-13-29(15-32-10-7-11-33(3)4)12-18-17(14-31-2)8-9-20(36)22(18)25(37)23(29)28(40)30(19,41)27(21)39/h8-9,19,24,31-32,36,38,40-41H,7,10-15H2,1-6H3/t19-,24-,29-,30+/m0/s1. The lowest BCUT2D eigenvalue weighted by atomic mass is 9.52. The predicted octanol–water partition coefficient (Wildman–Crippen LogP) is 0.855. The molecule has 41 heavy (non-hydrogen) atoms. The number of hydrogen-bond donors (Lipinski definition) is 6. The van der Waals surface area contributed by atoms with Gasteiger partial charge < -0.3 is 36.0 Å². The molecule has 0 saturated carbocycles. The van der Waals surface area contributed by atoms with Crippen LogP contribution in [0.1, 0.15) is 41.3 Å². The second-order valence-electron chi connectivity index (χ2n) is 12.1. The molecular weight excluding hydrogens is 528 g/mol. The summed E-state index contributed by atoms with van der Waals surface area (Å²) in [6, 6.07) is 2.20. The van der Waals surface area contributed by atoms with E-state index in [0.29, 0.717) is 18.7 Å². The highest BCUT2D eigenvalue weighted by atomic mass is 16.3. The Morgan fingerprint density at radius 2 is 1.80 bits per heavy atom. The maximum Gasteiger partial charge on any atom is 0.209 e. The molecule has 4 rings (SSSR count). The van der Waals surface area contributed by atoms with E-state index in [2.05, 4.69) is 15.5 Å². The summed E-state index contributed by atoms with van der Waals surface area (Å²) in [6.45, 7) is 3.23. The maximum absolute atomic E-state index is 14.2. The van der Waals surface area contributed by atoms with Crippen molar-refractivity contribution in [1.82, 2.24) is 20.4 Å². The third-order valence-electron chi connectivity index (χ3n) is 8.82. The number of carbonyl (C=O) groups is 3. The number of aliphatic hydroxyl groups is 3. The minimum Gasteiger partial charge on any atom is -0.510 e. The summed E-state index contributed by atoms with van der Waals surface area (Å²) in [5.74, 6) is -5.15. The molecule has 0 spiro atoms. The van der Waals surface area contributed by atoms with Gasteiger partial charge in [-0.1, -0.05) is 6.07 Å². The zero-order valence-corrected chi connectivity index (χ0v) is 24.7. The number of nitrogens with zero attached hydrogens (tertiary/aromatic N) is 2. The molecule has 1 aromatic rings. The van der Waals surface area contributed by atoms with Gasteiger partial charge in [0.05, 0.1) is 11.6 Å². The van der Waals surface area contributed by atoms with Crippen molar-refractivity contribution in [1.29, 1.82) is 0 Å². The van der Waals surface area contributed by atoms with E-state index >= 15 is 0 Å². The number of ketones is 3. The van der Waals surface area contributed by atoms with Crippen LogP contribution in [0.25, 0.3) is 0 Å². The summed E-state index contributed by atoms with van der Waals surface area (Å²) in [5.41, 5.74) is -2.95. The summed E-state index contributed by atoms with van der Waals surface area (Å²) >= 11 is 0. The van der Waals surface area contributed by atoms with Crippen LogP contribution in [0.3, 0.4) is 0 Å². The maximum atomic E-state index is 14.2. The number of benzene rings is 1. The molecule has 0 radical (unpaired) electrons. The Hall–Kier alpha value is -3.09. The lowest BCUT2D eigenvalue weighted by molar-refractivity contribution is -0.150. The van der Waals surface area contributed by atoms with Crippen molar-refractivity contribution >= 4 is 17.3 Å². The molecule has 0 heterocycles. The number of phenols is 1. The first-order valence-electron chi connectivity index (χ1n) is 13.9. The Kier molecular flexibility index (Phi) is 8.50. The number of aliphatic hydroxyl groups excluding tert-OH is 2. The first kappa shape index (κ1) is 30.9. The lowest BCUT2D eigenvalue weighted by Gasteiger charge is -2.54. The van der Waals surface area contributed by atoms with Crippen LogP contribution in [0.5, 0.6) is 5.75 Å². The van der Waals surface area contributed by atoms with E-state index in [-0.39, 0.29) is 36.3 Å². The van der Waals surface area contributed by atoms with Crippen molar-refractivity contribution in [2.24, 2.45) is 11.3 Å². The molecule has 1 aromatic carbocycles. The molecule has 0 fully saturated rings. The Morgan fingerprint density at radius 3 is 2.39 bits per heavy atom. The average molecular weight is 571 g/mol. The SMILES string of the molecule is CNCc1ccc(O)c2c1C[C@@]1(CNCCCN(C)C)C[C@H]3[C@H](N(C)C)C(O)=C(C(C)=O)C(=O)[C@@]3(O)C(O)=C1C2=O. The molecule has 0 aromatic heterocycles. The van der Waals surface area contributed by atoms with Crippen LogP contribution in [0.4, 0.5) is 0 Å². The molecule has 11 nitrogen and oxygen atoms in total. The second-order valence-corrected chi connectivity index (χ2v) is 12.1. The minimum absolute atomic E-state index is 0.0298. The molecule has 11 heteroatoms. The number of Topliss-reactive ketones (excluding diaryl/α,β-unsaturated/α-hetero) is 3. The number of likely N-dealkylation sites (N-methyl/N-ethyl adjacent to an activating group) is 1. The zero-order valence-electron chi connectivity index (χ0n) is 24.7. The molecular formula is C30H42N4O7. The van der Waals surface area contributed by atoms with Crippen LogP contribution in [0, 0.1) is 11.3 Å². The van der Waals surface area contributed by atoms with Gasteiger partial charge in [-0.25, -0.2) is 0 Å². The van der Waals surface area contributed by atoms with Crippen molar-refractivity contribution in [2.45, 2.75) is 44.4 Å². The van der Waals surface area contributed by atoms with Crippen molar-refractivity contribution in [3.63, 3.8) is 0 Å². The highest BCUT2D eigenvalue weighted by molar-refractivity contribution is 6.25. The number of carbonyl (C=O) groups excluding carboxylic acids is 3. The first-order valence-corrected chi connectivity index (χ1v) is 13.9. The van der Waals surface area contributed by atoms with E-state index < -0.39 is 57.4 Å². The van der Waals surface area contributed by atoms with Crippen LogP contribution >= 0.6 is 0 Å². The Bertz CT molecular complexity index is 1330. The predicted molar refractivity (Wildman–Crippen MR) is 153 cm³/mol. The van der Waals surface area contributed by atoms with Crippen molar-refractivity contribution in [2.75, 3.05) is 54.9 Å². The zero-order chi connectivity index (χ0) is 30.4.